The molecule has 0 saturated heterocycles. The van der Waals surface area contributed by atoms with Gasteiger partial charge in [-0.3, -0.25) is 9.59 Å². The summed E-state index contributed by atoms with van der Waals surface area (Å²) in [6.07, 6.45) is 3.04. The largest absolute Gasteiger partial charge is 0.459 e. The summed E-state index contributed by atoms with van der Waals surface area (Å²) in [6, 6.07) is 15.8. The highest BCUT2D eigenvalue weighted by Crippen LogP contribution is 2.13. The quantitative estimate of drug-likeness (QED) is 0.508. The second-order valence-corrected chi connectivity index (χ2v) is 5.95. The van der Waals surface area contributed by atoms with Crippen molar-refractivity contribution in [2.24, 2.45) is 0 Å². The first-order valence-electron chi connectivity index (χ1n) is 8.34. The molecule has 0 radical (unpaired) electrons. The fourth-order valence-electron chi connectivity index (χ4n) is 2.67. The zero-order valence-electron chi connectivity index (χ0n) is 14.2. The maximum absolute atomic E-state index is 12.3. The second-order valence-electron chi connectivity index (χ2n) is 5.95. The Hall–Kier alpha value is -3.87. The highest BCUT2D eigenvalue weighted by Gasteiger charge is 2.09. The molecule has 4 aromatic rings. The molecule has 7 heteroatoms. The van der Waals surface area contributed by atoms with Crippen LogP contribution in [0.5, 0.6) is 0 Å². The van der Waals surface area contributed by atoms with Gasteiger partial charge in [-0.15, -0.1) is 0 Å². The minimum atomic E-state index is -0.310. The molecule has 2 aromatic carbocycles. The van der Waals surface area contributed by atoms with Crippen LogP contribution in [-0.2, 0) is 6.54 Å². The van der Waals surface area contributed by atoms with Crippen molar-refractivity contribution < 1.29 is 14.0 Å². The van der Waals surface area contributed by atoms with E-state index in [4.69, 9.17) is 4.42 Å². The fourth-order valence-corrected chi connectivity index (χ4v) is 2.67. The van der Waals surface area contributed by atoms with Gasteiger partial charge in [0.15, 0.2) is 5.76 Å². The van der Waals surface area contributed by atoms with Crippen LogP contribution in [0.1, 0.15) is 26.5 Å². The molecule has 4 rings (SSSR count). The second kappa shape index (κ2) is 7.17. The number of nitrogens with one attached hydrogen (secondary N) is 3. The molecule has 0 aliphatic rings. The number of H-pyrrole nitrogens is 1. The number of aromatic nitrogens is 2. The molecule has 2 amide bonds. The third-order valence-electron chi connectivity index (χ3n) is 4.09. The summed E-state index contributed by atoms with van der Waals surface area (Å²) < 4.78 is 5.05. The van der Waals surface area contributed by atoms with Gasteiger partial charge in [0.1, 0.15) is 0 Å². The summed E-state index contributed by atoms with van der Waals surface area (Å²) >= 11 is 0. The number of nitrogens with zero attached hydrogens (tertiary/aromatic N) is 1. The van der Waals surface area contributed by atoms with E-state index in [1.807, 2.05) is 12.1 Å². The van der Waals surface area contributed by atoms with Crippen LogP contribution in [-0.4, -0.2) is 21.8 Å². The molecule has 0 aliphatic carbocycles. The van der Waals surface area contributed by atoms with Gasteiger partial charge in [-0.25, -0.2) is 4.98 Å². The van der Waals surface area contributed by atoms with Crippen molar-refractivity contribution in [3.8, 4) is 0 Å². The molecule has 0 aliphatic heterocycles. The van der Waals surface area contributed by atoms with Crippen LogP contribution in [0.3, 0.4) is 0 Å². The molecule has 27 heavy (non-hydrogen) atoms. The van der Waals surface area contributed by atoms with E-state index < -0.39 is 0 Å². The molecule has 0 unspecified atom stereocenters. The first-order chi connectivity index (χ1) is 13.2. The van der Waals surface area contributed by atoms with Crippen LogP contribution >= 0.6 is 0 Å². The number of carbonyl (C=O) groups is 2. The average Bonchev–Trinajstić information content (AvgIpc) is 3.38. The van der Waals surface area contributed by atoms with Gasteiger partial charge in [0.2, 0.25) is 0 Å². The van der Waals surface area contributed by atoms with Crippen molar-refractivity contribution in [3.05, 3.63) is 84.1 Å². The number of fused-ring (bicyclic) bond motifs is 1. The summed E-state index contributed by atoms with van der Waals surface area (Å²) in [4.78, 5) is 31.4. The SMILES string of the molecule is O=C(NCc1ccc(NC(=O)c2ccco2)cc1)c1ccc2nc[nH]c2c1. The van der Waals surface area contributed by atoms with E-state index in [-0.39, 0.29) is 17.6 Å². The third kappa shape index (κ3) is 3.72. The van der Waals surface area contributed by atoms with Crippen molar-refractivity contribution >= 4 is 28.5 Å². The minimum absolute atomic E-state index is 0.165. The normalized spacial score (nSPS) is 10.7. The molecule has 2 aromatic heterocycles. The molecule has 2 heterocycles. The van der Waals surface area contributed by atoms with E-state index >= 15 is 0 Å². The lowest BCUT2D eigenvalue weighted by Gasteiger charge is -2.07. The van der Waals surface area contributed by atoms with Gasteiger partial charge in [-0.1, -0.05) is 12.1 Å². The molecule has 7 nitrogen and oxygen atoms in total. The van der Waals surface area contributed by atoms with Gasteiger partial charge in [0.25, 0.3) is 11.8 Å². The number of hydrogen-bond acceptors (Lipinski definition) is 4. The third-order valence-corrected chi connectivity index (χ3v) is 4.09. The Bertz CT molecular complexity index is 1080. The zero-order chi connectivity index (χ0) is 18.6. The number of amides is 2. The Morgan fingerprint density at radius 2 is 1.89 bits per heavy atom. The van der Waals surface area contributed by atoms with Crippen LogP contribution in [0, 0.1) is 0 Å². The molecular formula is C20H16N4O3. The van der Waals surface area contributed by atoms with Crippen LogP contribution in [0.2, 0.25) is 0 Å². The van der Waals surface area contributed by atoms with Gasteiger partial charge in [-0.05, 0) is 48.0 Å². The zero-order valence-corrected chi connectivity index (χ0v) is 14.2. The maximum Gasteiger partial charge on any atom is 0.291 e. The molecule has 3 N–H and O–H groups in total. The summed E-state index contributed by atoms with van der Waals surface area (Å²) in [5, 5.41) is 5.63. The van der Waals surface area contributed by atoms with E-state index in [0.29, 0.717) is 17.8 Å². The Morgan fingerprint density at radius 1 is 1.04 bits per heavy atom. The predicted octanol–water partition coefficient (Wildman–Crippen LogP) is 3.34. The smallest absolute Gasteiger partial charge is 0.291 e. The first-order valence-corrected chi connectivity index (χ1v) is 8.34. The van der Waals surface area contributed by atoms with Crippen molar-refractivity contribution in [2.75, 3.05) is 5.32 Å². The van der Waals surface area contributed by atoms with E-state index in [1.165, 1.54) is 6.26 Å². The summed E-state index contributed by atoms with van der Waals surface area (Å²) in [7, 11) is 0. The van der Waals surface area contributed by atoms with E-state index in [9.17, 15) is 9.59 Å². The Kier molecular flexibility index (Phi) is 4.40. The van der Waals surface area contributed by atoms with Crippen molar-refractivity contribution in [2.45, 2.75) is 6.54 Å². The lowest BCUT2D eigenvalue weighted by atomic mass is 10.1. The molecule has 134 valence electrons. The molecule has 0 spiro atoms. The Morgan fingerprint density at radius 3 is 2.67 bits per heavy atom. The number of hydrogen-bond donors (Lipinski definition) is 3. The van der Waals surface area contributed by atoms with Crippen LogP contribution in [0.25, 0.3) is 11.0 Å². The van der Waals surface area contributed by atoms with Crippen molar-refractivity contribution in [1.29, 1.82) is 0 Å². The van der Waals surface area contributed by atoms with Gasteiger partial charge in [0, 0.05) is 17.8 Å². The number of benzene rings is 2. The van der Waals surface area contributed by atoms with Gasteiger partial charge >= 0.3 is 0 Å². The maximum atomic E-state index is 12.3. The molecule has 0 atom stereocenters. The summed E-state index contributed by atoms with van der Waals surface area (Å²) in [5.41, 5.74) is 3.77. The summed E-state index contributed by atoms with van der Waals surface area (Å²) in [5.74, 6) is -0.225. The Balaban J connectivity index is 1.35. The van der Waals surface area contributed by atoms with Gasteiger partial charge in [-0.2, -0.15) is 0 Å². The number of imidazole rings is 1. The first kappa shape index (κ1) is 16.6. The van der Waals surface area contributed by atoms with E-state index in [0.717, 1.165) is 16.6 Å². The number of furan rings is 1. The van der Waals surface area contributed by atoms with Gasteiger partial charge in [0.05, 0.1) is 23.6 Å². The van der Waals surface area contributed by atoms with E-state index in [2.05, 4.69) is 20.6 Å². The average molecular weight is 360 g/mol. The van der Waals surface area contributed by atoms with Crippen LogP contribution in [0.4, 0.5) is 5.69 Å². The Labute approximate surface area is 154 Å². The van der Waals surface area contributed by atoms with Crippen LogP contribution in [0.15, 0.2) is 71.6 Å². The predicted molar refractivity (Wildman–Crippen MR) is 100 cm³/mol. The molecular weight excluding hydrogens is 344 g/mol. The number of rotatable bonds is 5. The number of aromatic amines is 1. The highest BCUT2D eigenvalue weighted by atomic mass is 16.3. The monoisotopic (exact) mass is 360 g/mol. The van der Waals surface area contributed by atoms with Crippen molar-refractivity contribution in [3.63, 3.8) is 0 Å². The lowest BCUT2D eigenvalue weighted by Crippen LogP contribution is -2.22. The molecule has 0 saturated carbocycles. The number of carbonyl (C=O) groups excluding carboxylic acids is 2. The van der Waals surface area contributed by atoms with Crippen LogP contribution < -0.4 is 10.6 Å². The molecule has 0 fully saturated rings. The van der Waals surface area contributed by atoms with E-state index in [1.54, 1.807) is 48.8 Å². The van der Waals surface area contributed by atoms with Gasteiger partial charge < -0.3 is 20.0 Å². The summed E-state index contributed by atoms with van der Waals surface area (Å²) in [6.45, 7) is 0.381. The minimum Gasteiger partial charge on any atom is -0.459 e. The van der Waals surface area contributed by atoms with Crippen molar-refractivity contribution in [1.82, 2.24) is 15.3 Å². The topological polar surface area (TPSA) is 100 Å². The molecule has 0 bridgehead atoms. The standard InChI is InChI=1S/C20H16N4O3/c25-19(14-5-8-16-17(10-14)23-12-22-16)21-11-13-3-6-15(7-4-13)24-20(26)18-2-1-9-27-18/h1-10,12H,11H2,(H,21,25)(H,22,23)(H,24,26). The number of anilines is 1. The highest BCUT2D eigenvalue weighted by molar-refractivity contribution is 6.02. The lowest BCUT2D eigenvalue weighted by molar-refractivity contribution is 0.0950. The fraction of sp³-hybridized carbons (Fsp3) is 0.0500.